The zero-order chi connectivity index (χ0) is 22.8. The second-order valence-corrected chi connectivity index (χ2v) is 7.52. The number of aliphatic hydroxyl groups is 2. The van der Waals surface area contributed by atoms with Crippen molar-refractivity contribution >= 4 is 0 Å². The fraction of sp³-hybridized carbons (Fsp3) is 0.280. The van der Waals surface area contributed by atoms with Crippen molar-refractivity contribution in [2.24, 2.45) is 0 Å². The zero-order valence-electron chi connectivity index (χ0n) is 17.6. The molecule has 2 N–H and O–H groups in total. The molecule has 3 aromatic carbocycles. The van der Waals surface area contributed by atoms with Crippen molar-refractivity contribution in [3.05, 3.63) is 96.1 Å². The first kappa shape index (κ1) is 23.7. The van der Waals surface area contributed by atoms with Crippen LogP contribution in [0.25, 0.3) is 0 Å². The van der Waals surface area contributed by atoms with E-state index in [9.17, 15) is 19.0 Å². The molecule has 2 atom stereocenters. The predicted molar refractivity (Wildman–Crippen MR) is 118 cm³/mol. The summed E-state index contributed by atoms with van der Waals surface area (Å²) in [5, 5.41) is 20.9. The number of halogens is 2. The number of hydrogen-bond acceptors (Lipinski definition) is 5. The van der Waals surface area contributed by atoms with Crippen LogP contribution < -0.4 is 9.47 Å². The number of hydrogen-bond donors (Lipinski definition) is 2. The zero-order valence-corrected chi connectivity index (χ0v) is 17.6. The molecule has 0 spiro atoms. The van der Waals surface area contributed by atoms with E-state index in [-0.39, 0.29) is 37.9 Å². The van der Waals surface area contributed by atoms with Gasteiger partial charge in [-0.15, -0.1) is 0 Å². The molecule has 7 heteroatoms. The Hall–Kier alpha value is -3.00. The Labute approximate surface area is 186 Å². The summed E-state index contributed by atoms with van der Waals surface area (Å²) in [6.45, 7) is 1.08. The van der Waals surface area contributed by atoms with Crippen molar-refractivity contribution in [2.45, 2.75) is 18.8 Å². The van der Waals surface area contributed by atoms with Crippen molar-refractivity contribution in [1.29, 1.82) is 0 Å². The Morgan fingerprint density at radius 3 is 1.53 bits per heavy atom. The van der Waals surface area contributed by atoms with E-state index in [2.05, 4.69) is 0 Å². The van der Waals surface area contributed by atoms with E-state index in [4.69, 9.17) is 9.47 Å². The van der Waals surface area contributed by atoms with Crippen LogP contribution in [0.15, 0.2) is 78.9 Å². The number of benzene rings is 3. The first-order chi connectivity index (χ1) is 15.5. The highest BCUT2D eigenvalue weighted by molar-refractivity contribution is 5.23. The summed E-state index contributed by atoms with van der Waals surface area (Å²) in [4.78, 5) is 1.91. The summed E-state index contributed by atoms with van der Waals surface area (Å²) in [5.41, 5.74) is 1.03. The van der Waals surface area contributed by atoms with Crippen molar-refractivity contribution in [2.75, 3.05) is 26.3 Å². The lowest BCUT2D eigenvalue weighted by Gasteiger charge is -2.27. The summed E-state index contributed by atoms with van der Waals surface area (Å²) in [7, 11) is 0. The van der Waals surface area contributed by atoms with Crippen molar-refractivity contribution < 1.29 is 28.5 Å². The maximum atomic E-state index is 13.0. The van der Waals surface area contributed by atoms with E-state index in [1.165, 1.54) is 48.5 Å². The third-order valence-corrected chi connectivity index (χ3v) is 4.70. The molecule has 0 aromatic heterocycles. The lowest BCUT2D eigenvalue weighted by molar-refractivity contribution is 0.0282. The molecule has 3 rings (SSSR count). The molecule has 5 nitrogen and oxygen atoms in total. The standard InChI is InChI=1S/C25H27F2NO4/c26-20-6-10-24(11-7-20)31-17-22(29)15-28(14-19-4-2-1-3-5-19)16-23(30)18-32-25-12-8-21(27)9-13-25/h1-13,22-23,29-30H,14-18H2/t22-,23+. The number of rotatable bonds is 12. The molecular formula is C25H27F2NO4. The molecular weight excluding hydrogens is 416 g/mol. The fourth-order valence-electron chi connectivity index (χ4n) is 3.19. The van der Waals surface area contributed by atoms with E-state index < -0.39 is 12.2 Å². The van der Waals surface area contributed by atoms with E-state index >= 15 is 0 Å². The summed E-state index contributed by atoms with van der Waals surface area (Å²) in [6.07, 6.45) is -1.65. The maximum absolute atomic E-state index is 13.0. The highest BCUT2D eigenvalue weighted by Crippen LogP contribution is 2.14. The Kier molecular flexibility index (Phi) is 8.98. The van der Waals surface area contributed by atoms with Gasteiger partial charge >= 0.3 is 0 Å². The third-order valence-electron chi connectivity index (χ3n) is 4.70. The molecule has 170 valence electrons. The molecule has 3 aromatic rings. The molecule has 0 heterocycles. The van der Waals surface area contributed by atoms with Crippen LogP contribution in [0, 0.1) is 11.6 Å². The van der Waals surface area contributed by atoms with Gasteiger partial charge in [0.15, 0.2) is 0 Å². The van der Waals surface area contributed by atoms with Gasteiger partial charge in [0.1, 0.15) is 48.6 Å². The SMILES string of the molecule is O[C@H](COc1ccc(F)cc1)CN(Cc1ccccc1)C[C@@H](O)COc1ccc(F)cc1. The van der Waals surface area contributed by atoms with Gasteiger partial charge in [0.05, 0.1) is 0 Å². The van der Waals surface area contributed by atoms with Gasteiger partial charge in [0, 0.05) is 19.6 Å². The molecule has 0 aliphatic carbocycles. The topological polar surface area (TPSA) is 62.2 Å². The van der Waals surface area contributed by atoms with Gasteiger partial charge in [-0.3, -0.25) is 4.90 Å². The van der Waals surface area contributed by atoms with Gasteiger partial charge in [-0.05, 0) is 54.1 Å². The van der Waals surface area contributed by atoms with Crippen LogP contribution in [-0.4, -0.2) is 53.6 Å². The largest absolute Gasteiger partial charge is 0.491 e. The van der Waals surface area contributed by atoms with Crippen LogP contribution in [0.3, 0.4) is 0 Å². The Balaban J connectivity index is 1.54. The summed E-state index contributed by atoms with van der Waals surface area (Å²) in [6, 6.07) is 20.9. The second-order valence-electron chi connectivity index (χ2n) is 7.52. The molecule has 0 saturated carbocycles. The van der Waals surface area contributed by atoms with Gasteiger partial charge in [-0.25, -0.2) is 8.78 Å². The van der Waals surface area contributed by atoms with Gasteiger partial charge in [-0.2, -0.15) is 0 Å². The highest BCUT2D eigenvalue weighted by atomic mass is 19.1. The molecule has 32 heavy (non-hydrogen) atoms. The first-order valence-corrected chi connectivity index (χ1v) is 10.4. The van der Waals surface area contributed by atoms with E-state index in [0.717, 1.165) is 5.56 Å². The lowest BCUT2D eigenvalue weighted by atomic mass is 10.2. The Morgan fingerprint density at radius 1 is 0.656 bits per heavy atom. The van der Waals surface area contributed by atoms with E-state index in [1.807, 2.05) is 35.2 Å². The number of aliphatic hydroxyl groups excluding tert-OH is 2. The van der Waals surface area contributed by atoms with Gasteiger partial charge in [0.25, 0.3) is 0 Å². The minimum absolute atomic E-state index is 0.0269. The lowest BCUT2D eigenvalue weighted by Crippen LogP contribution is -2.41. The average molecular weight is 443 g/mol. The van der Waals surface area contributed by atoms with E-state index in [1.54, 1.807) is 0 Å². The number of nitrogens with zero attached hydrogens (tertiary/aromatic N) is 1. The minimum atomic E-state index is -0.825. The molecule has 0 fully saturated rings. The molecule has 0 aliphatic heterocycles. The maximum Gasteiger partial charge on any atom is 0.123 e. The quantitative estimate of drug-likeness (QED) is 0.448. The minimum Gasteiger partial charge on any atom is -0.491 e. The second kappa shape index (κ2) is 12.1. The average Bonchev–Trinajstić information content (AvgIpc) is 2.79. The van der Waals surface area contributed by atoms with Crippen LogP contribution in [-0.2, 0) is 6.54 Å². The molecule has 0 amide bonds. The highest BCUT2D eigenvalue weighted by Gasteiger charge is 2.17. The molecule has 0 saturated heterocycles. The molecule has 0 unspecified atom stereocenters. The van der Waals surface area contributed by atoms with Crippen LogP contribution in [0.5, 0.6) is 11.5 Å². The molecule has 0 aliphatic rings. The van der Waals surface area contributed by atoms with Crippen molar-refractivity contribution in [1.82, 2.24) is 4.90 Å². The van der Waals surface area contributed by atoms with Crippen LogP contribution >= 0.6 is 0 Å². The third kappa shape index (κ3) is 8.26. The number of ether oxygens (including phenoxy) is 2. The van der Waals surface area contributed by atoms with Crippen LogP contribution in [0.4, 0.5) is 8.78 Å². The van der Waals surface area contributed by atoms with Crippen LogP contribution in [0.2, 0.25) is 0 Å². The Morgan fingerprint density at radius 2 is 1.09 bits per heavy atom. The normalized spacial score (nSPS) is 13.0. The summed E-state index contributed by atoms with van der Waals surface area (Å²) >= 11 is 0. The van der Waals surface area contributed by atoms with Gasteiger partial charge in [-0.1, -0.05) is 30.3 Å². The predicted octanol–water partition coefficient (Wildman–Crippen LogP) is 3.65. The van der Waals surface area contributed by atoms with Gasteiger partial charge in [0.2, 0.25) is 0 Å². The van der Waals surface area contributed by atoms with E-state index in [0.29, 0.717) is 18.0 Å². The van der Waals surface area contributed by atoms with Crippen LogP contribution in [0.1, 0.15) is 5.56 Å². The molecule has 0 radical (unpaired) electrons. The monoisotopic (exact) mass is 443 g/mol. The summed E-state index contributed by atoms with van der Waals surface area (Å²) < 4.78 is 37.1. The van der Waals surface area contributed by atoms with Gasteiger partial charge < -0.3 is 19.7 Å². The van der Waals surface area contributed by atoms with Crippen molar-refractivity contribution in [3.8, 4) is 11.5 Å². The first-order valence-electron chi connectivity index (χ1n) is 10.4. The molecule has 0 bridgehead atoms. The summed E-state index contributed by atoms with van der Waals surface area (Å²) in [5.74, 6) is 0.216. The Bertz CT molecular complexity index is 865. The fourth-order valence-corrected chi connectivity index (χ4v) is 3.19. The van der Waals surface area contributed by atoms with Crippen molar-refractivity contribution in [3.63, 3.8) is 0 Å². The smallest absolute Gasteiger partial charge is 0.123 e.